The summed E-state index contributed by atoms with van der Waals surface area (Å²) in [5.74, 6) is 0.0840. The Morgan fingerprint density at radius 1 is 1.19 bits per heavy atom. The second-order valence-corrected chi connectivity index (χ2v) is 8.58. The van der Waals surface area contributed by atoms with Crippen molar-refractivity contribution in [1.82, 2.24) is 10.2 Å². The lowest BCUT2D eigenvalue weighted by atomic mass is 9.69. The number of carbonyl (C=O) groups excluding carboxylic acids is 2. The molecule has 3 fully saturated rings. The molecule has 26 heavy (non-hydrogen) atoms. The fourth-order valence-corrected chi connectivity index (χ4v) is 5.22. The molecular weight excluding hydrogens is 331 g/mol. The highest BCUT2D eigenvalue weighted by Crippen LogP contribution is 2.44. The number of benzene rings is 1. The van der Waals surface area contributed by atoms with E-state index in [1.165, 1.54) is 12.5 Å². The first-order valence-corrected chi connectivity index (χ1v) is 9.81. The van der Waals surface area contributed by atoms with Crippen LogP contribution in [0.3, 0.4) is 0 Å². The van der Waals surface area contributed by atoms with Crippen molar-refractivity contribution in [2.75, 3.05) is 19.6 Å². The molecule has 0 aromatic heterocycles. The number of nitrogens with one attached hydrogen (secondary N) is 1. The van der Waals surface area contributed by atoms with Crippen molar-refractivity contribution in [3.63, 3.8) is 0 Å². The molecule has 1 aromatic rings. The fourth-order valence-electron chi connectivity index (χ4n) is 5.22. The molecular formula is C21H27FN2O2. The van der Waals surface area contributed by atoms with Crippen LogP contribution in [0.5, 0.6) is 0 Å². The largest absolute Gasteiger partial charge is 0.355 e. The summed E-state index contributed by atoms with van der Waals surface area (Å²) in [6.07, 6.45) is 7.08. The van der Waals surface area contributed by atoms with Gasteiger partial charge in [0.15, 0.2) is 0 Å². The van der Waals surface area contributed by atoms with E-state index in [0.717, 1.165) is 44.2 Å². The Balaban J connectivity index is 1.54. The van der Waals surface area contributed by atoms with Crippen molar-refractivity contribution in [2.45, 2.75) is 51.4 Å². The lowest BCUT2D eigenvalue weighted by Gasteiger charge is -2.39. The minimum Gasteiger partial charge on any atom is -0.355 e. The average molecular weight is 358 g/mol. The lowest BCUT2D eigenvalue weighted by molar-refractivity contribution is -0.143. The molecule has 0 unspecified atom stereocenters. The molecule has 2 saturated heterocycles. The van der Waals surface area contributed by atoms with Gasteiger partial charge in [-0.15, -0.1) is 0 Å². The first kappa shape index (κ1) is 17.5. The van der Waals surface area contributed by atoms with E-state index >= 15 is 0 Å². The van der Waals surface area contributed by atoms with E-state index in [9.17, 15) is 14.0 Å². The molecule has 1 atom stereocenters. The predicted octanol–water partition coefficient (Wildman–Crippen LogP) is 3.06. The molecule has 4 nitrogen and oxygen atoms in total. The summed E-state index contributed by atoms with van der Waals surface area (Å²) < 4.78 is 13.7. The third-order valence-corrected chi connectivity index (χ3v) is 6.62. The zero-order valence-electron chi connectivity index (χ0n) is 15.2. The number of carbonyl (C=O) groups is 2. The summed E-state index contributed by atoms with van der Waals surface area (Å²) >= 11 is 0. The molecule has 1 saturated carbocycles. The van der Waals surface area contributed by atoms with E-state index in [4.69, 9.17) is 0 Å². The van der Waals surface area contributed by atoms with Gasteiger partial charge in [-0.3, -0.25) is 9.59 Å². The standard InChI is InChI=1S/C21H27FN2O2/c22-17-6-4-5-16(11-17)12-21(7-2-1-3-8-21)19(26)24-10-9-20(15-24)13-18(25)23-14-20/h4-6,11H,1-3,7-10,12-15H2,(H,23,25)/t20-/m0/s1. The highest BCUT2D eigenvalue weighted by atomic mass is 19.1. The lowest BCUT2D eigenvalue weighted by Crippen LogP contribution is -2.46. The van der Waals surface area contributed by atoms with E-state index in [1.807, 2.05) is 11.0 Å². The molecule has 1 N–H and O–H groups in total. The minimum absolute atomic E-state index is 0.0680. The van der Waals surface area contributed by atoms with Crippen molar-refractivity contribution >= 4 is 11.8 Å². The van der Waals surface area contributed by atoms with Crippen LogP contribution in [-0.4, -0.2) is 36.3 Å². The Labute approximate surface area is 154 Å². The quantitative estimate of drug-likeness (QED) is 0.903. The minimum atomic E-state index is -0.409. The summed E-state index contributed by atoms with van der Waals surface area (Å²) in [7, 11) is 0. The van der Waals surface area contributed by atoms with E-state index in [2.05, 4.69) is 5.32 Å². The van der Waals surface area contributed by atoms with Gasteiger partial charge < -0.3 is 10.2 Å². The van der Waals surface area contributed by atoms with Crippen LogP contribution >= 0.6 is 0 Å². The van der Waals surface area contributed by atoms with Gasteiger partial charge in [-0.2, -0.15) is 0 Å². The Morgan fingerprint density at radius 2 is 2.00 bits per heavy atom. The fraction of sp³-hybridized carbons (Fsp3) is 0.619. The van der Waals surface area contributed by atoms with Crippen molar-refractivity contribution in [2.24, 2.45) is 10.8 Å². The summed E-state index contributed by atoms with van der Waals surface area (Å²) in [4.78, 5) is 27.2. The number of likely N-dealkylation sites (tertiary alicyclic amines) is 1. The highest BCUT2D eigenvalue weighted by Gasteiger charge is 2.49. The van der Waals surface area contributed by atoms with Gasteiger partial charge in [0.1, 0.15) is 5.82 Å². The molecule has 5 heteroatoms. The van der Waals surface area contributed by atoms with E-state index < -0.39 is 5.41 Å². The monoisotopic (exact) mass is 358 g/mol. The van der Waals surface area contributed by atoms with Crippen molar-refractivity contribution < 1.29 is 14.0 Å². The van der Waals surface area contributed by atoms with Crippen LogP contribution in [0, 0.1) is 16.6 Å². The molecule has 2 aliphatic heterocycles. The Hall–Kier alpha value is -1.91. The van der Waals surface area contributed by atoms with Crippen LogP contribution < -0.4 is 5.32 Å². The number of rotatable bonds is 3. The number of nitrogens with zero attached hydrogens (tertiary/aromatic N) is 1. The van der Waals surface area contributed by atoms with Crippen molar-refractivity contribution in [3.8, 4) is 0 Å². The highest BCUT2D eigenvalue weighted by molar-refractivity contribution is 5.84. The summed E-state index contributed by atoms with van der Waals surface area (Å²) in [6.45, 7) is 2.10. The molecule has 0 radical (unpaired) electrons. The third kappa shape index (κ3) is 3.24. The number of hydrogen-bond donors (Lipinski definition) is 1. The molecule has 0 bridgehead atoms. The second-order valence-electron chi connectivity index (χ2n) is 8.58. The van der Waals surface area contributed by atoms with Gasteiger partial charge in [-0.1, -0.05) is 31.4 Å². The van der Waals surface area contributed by atoms with E-state index in [-0.39, 0.29) is 23.0 Å². The second kappa shape index (κ2) is 6.67. The Morgan fingerprint density at radius 3 is 2.69 bits per heavy atom. The molecule has 1 aliphatic carbocycles. The van der Waals surface area contributed by atoms with Gasteiger partial charge >= 0.3 is 0 Å². The first-order chi connectivity index (χ1) is 12.5. The maximum atomic E-state index is 13.7. The van der Waals surface area contributed by atoms with Crippen LogP contribution in [0.4, 0.5) is 4.39 Å². The SMILES string of the molecule is O=C1C[C@@]2(CCN(C(=O)C3(Cc4cccc(F)c4)CCCCC3)C2)CN1. The predicted molar refractivity (Wildman–Crippen MR) is 96.9 cm³/mol. The normalized spacial score (nSPS) is 27.7. The first-order valence-electron chi connectivity index (χ1n) is 9.81. The van der Waals surface area contributed by atoms with Gasteiger partial charge in [-0.25, -0.2) is 4.39 Å². The average Bonchev–Trinajstić information content (AvgIpc) is 3.21. The molecule has 2 amide bonds. The van der Waals surface area contributed by atoms with Crippen LogP contribution in [-0.2, 0) is 16.0 Å². The third-order valence-electron chi connectivity index (χ3n) is 6.62. The van der Waals surface area contributed by atoms with Gasteiger partial charge in [0.2, 0.25) is 11.8 Å². The van der Waals surface area contributed by atoms with E-state index in [0.29, 0.717) is 25.9 Å². The Bertz CT molecular complexity index is 714. The summed E-state index contributed by atoms with van der Waals surface area (Å²) in [5.41, 5.74) is 0.432. The number of hydrogen-bond acceptors (Lipinski definition) is 2. The maximum absolute atomic E-state index is 13.7. The van der Waals surface area contributed by atoms with Crippen LogP contribution in [0.15, 0.2) is 24.3 Å². The van der Waals surface area contributed by atoms with Gasteiger partial charge in [-0.05, 0) is 43.4 Å². The topological polar surface area (TPSA) is 49.4 Å². The van der Waals surface area contributed by atoms with Gasteiger partial charge in [0.05, 0.1) is 5.41 Å². The smallest absolute Gasteiger partial charge is 0.229 e. The van der Waals surface area contributed by atoms with Crippen LogP contribution in [0.25, 0.3) is 0 Å². The Kier molecular flexibility index (Phi) is 4.49. The van der Waals surface area contributed by atoms with Crippen molar-refractivity contribution in [1.29, 1.82) is 0 Å². The van der Waals surface area contributed by atoms with Gasteiger partial charge in [0.25, 0.3) is 0 Å². The summed E-state index contributed by atoms with van der Waals surface area (Å²) in [6, 6.07) is 6.67. The van der Waals surface area contributed by atoms with Crippen molar-refractivity contribution in [3.05, 3.63) is 35.6 Å². The molecule has 1 aromatic carbocycles. The molecule has 3 aliphatic rings. The maximum Gasteiger partial charge on any atom is 0.229 e. The molecule has 2 heterocycles. The van der Waals surface area contributed by atoms with Crippen LogP contribution in [0.1, 0.15) is 50.5 Å². The summed E-state index contributed by atoms with van der Waals surface area (Å²) in [5, 5.41) is 2.93. The van der Waals surface area contributed by atoms with Gasteiger partial charge in [0, 0.05) is 31.5 Å². The number of halogens is 1. The molecule has 4 rings (SSSR count). The number of amides is 2. The zero-order valence-corrected chi connectivity index (χ0v) is 15.2. The van der Waals surface area contributed by atoms with E-state index in [1.54, 1.807) is 12.1 Å². The molecule has 1 spiro atoms. The van der Waals surface area contributed by atoms with Crippen LogP contribution in [0.2, 0.25) is 0 Å². The molecule has 140 valence electrons. The zero-order chi connectivity index (χ0) is 18.2.